The Balaban J connectivity index is 1.81. The fourth-order valence-electron chi connectivity index (χ4n) is 2.57. The first-order chi connectivity index (χ1) is 10.8. The minimum Gasteiger partial charge on any atom is -0.382 e. The highest BCUT2D eigenvalue weighted by molar-refractivity contribution is 5.91. The van der Waals surface area contributed by atoms with Gasteiger partial charge in [-0.1, -0.05) is 6.07 Å². The summed E-state index contributed by atoms with van der Waals surface area (Å²) in [5, 5.41) is 11.8. The number of aliphatic hydroxyl groups is 1. The number of anilines is 1. The van der Waals surface area contributed by atoms with Crippen LogP contribution in [0, 0.1) is 12.8 Å². The molecule has 1 saturated heterocycles. The highest BCUT2D eigenvalue weighted by Crippen LogP contribution is 2.24. The summed E-state index contributed by atoms with van der Waals surface area (Å²) in [5.74, 6) is 0.0561. The van der Waals surface area contributed by atoms with Gasteiger partial charge in [0.1, 0.15) is 5.82 Å². The maximum atomic E-state index is 12.3. The van der Waals surface area contributed by atoms with E-state index in [9.17, 15) is 18.0 Å². The Morgan fingerprint density at radius 1 is 1.43 bits per heavy atom. The Labute approximate surface area is 132 Å². The van der Waals surface area contributed by atoms with Crippen molar-refractivity contribution in [3.63, 3.8) is 0 Å². The number of nitrogens with one attached hydrogen (secondary N) is 1. The number of β-amino-alcohol motifs (C(OH)–C–C–N with tert-alkyl or cyclic N) is 1. The van der Waals surface area contributed by atoms with Crippen molar-refractivity contribution in [3.05, 3.63) is 23.9 Å². The third-order valence-corrected chi connectivity index (χ3v) is 3.91. The number of hydrogen-bond acceptors (Lipinski definition) is 4. The van der Waals surface area contributed by atoms with E-state index in [2.05, 4.69) is 10.3 Å². The van der Waals surface area contributed by atoms with E-state index in [1.165, 1.54) is 4.90 Å². The van der Waals surface area contributed by atoms with Gasteiger partial charge in [-0.15, -0.1) is 0 Å². The molecule has 8 heteroatoms. The summed E-state index contributed by atoms with van der Waals surface area (Å²) in [7, 11) is 0. The number of aliphatic hydroxyl groups excluding tert-OH is 1. The van der Waals surface area contributed by atoms with Crippen molar-refractivity contribution in [2.45, 2.75) is 32.0 Å². The van der Waals surface area contributed by atoms with Crippen LogP contribution in [0.15, 0.2) is 18.2 Å². The van der Waals surface area contributed by atoms with Gasteiger partial charge in [0.25, 0.3) is 0 Å². The predicted molar refractivity (Wildman–Crippen MR) is 78.8 cm³/mol. The van der Waals surface area contributed by atoms with Gasteiger partial charge in [-0.3, -0.25) is 4.79 Å². The standard InChI is InChI=1S/C15H20F3N3O2/c1-10-3-2-4-13(19-10)20-14(23)11-5-7-21(8-6-11)9-12(22)15(16,17)18/h2-4,11-12,22H,5-9H2,1H3,(H,19,20,23)/t12-/m0/s1. The zero-order valence-electron chi connectivity index (χ0n) is 12.8. The van der Waals surface area contributed by atoms with Crippen LogP contribution in [0.4, 0.5) is 19.0 Å². The lowest BCUT2D eigenvalue weighted by atomic mass is 9.95. The lowest BCUT2D eigenvalue weighted by Gasteiger charge is -2.32. The molecule has 128 valence electrons. The van der Waals surface area contributed by atoms with Gasteiger partial charge < -0.3 is 15.3 Å². The number of piperidine rings is 1. The van der Waals surface area contributed by atoms with E-state index in [-0.39, 0.29) is 11.8 Å². The fraction of sp³-hybridized carbons (Fsp3) is 0.600. The van der Waals surface area contributed by atoms with Crippen LogP contribution in [0.1, 0.15) is 18.5 Å². The molecule has 0 aromatic carbocycles. The number of aryl methyl sites for hydroxylation is 1. The number of pyridine rings is 1. The van der Waals surface area contributed by atoms with E-state index in [1.54, 1.807) is 12.1 Å². The Kier molecular flexibility index (Phi) is 5.59. The number of carbonyl (C=O) groups excluding carboxylic acids is 1. The molecule has 2 N–H and O–H groups in total. The van der Waals surface area contributed by atoms with Gasteiger partial charge in [-0.2, -0.15) is 13.2 Å². The Morgan fingerprint density at radius 3 is 2.65 bits per heavy atom. The molecule has 0 bridgehead atoms. The lowest BCUT2D eigenvalue weighted by molar-refractivity contribution is -0.208. The maximum absolute atomic E-state index is 12.3. The van der Waals surface area contributed by atoms with E-state index in [0.717, 1.165) is 5.69 Å². The first-order valence-corrected chi connectivity index (χ1v) is 7.47. The normalized spacial score (nSPS) is 18.7. The smallest absolute Gasteiger partial charge is 0.382 e. The Hall–Kier alpha value is -1.67. The summed E-state index contributed by atoms with van der Waals surface area (Å²) >= 11 is 0. The Bertz CT molecular complexity index is 543. The van der Waals surface area contributed by atoms with Gasteiger partial charge in [0.15, 0.2) is 6.10 Å². The summed E-state index contributed by atoms with van der Waals surface area (Å²) < 4.78 is 37.0. The topological polar surface area (TPSA) is 65.5 Å². The molecular weight excluding hydrogens is 311 g/mol. The van der Waals surface area contributed by atoms with Gasteiger partial charge in [-0.25, -0.2) is 4.98 Å². The number of nitrogens with zero attached hydrogens (tertiary/aromatic N) is 2. The molecule has 0 unspecified atom stereocenters. The molecule has 2 rings (SSSR count). The highest BCUT2D eigenvalue weighted by atomic mass is 19.4. The summed E-state index contributed by atoms with van der Waals surface area (Å²) in [4.78, 5) is 17.9. The number of halogens is 3. The van der Waals surface area contributed by atoms with E-state index in [4.69, 9.17) is 5.11 Å². The average Bonchev–Trinajstić information content (AvgIpc) is 2.47. The van der Waals surface area contributed by atoms with Crippen molar-refractivity contribution in [1.29, 1.82) is 0 Å². The third-order valence-electron chi connectivity index (χ3n) is 3.91. The van der Waals surface area contributed by atoms with Crippen LogP contribution in [-0.2, 0) is 4.79 Å². The van der Waals surface area contributed by atoms with Crippen LogP contribution >= 0.6 is 0 Å². The van der Waals surface area contributed by atoms with Crippen LogP contribution in [0.5, 0.6) is 0 Å². The van der Waals surface area contributed by atoms with Crippen LogP contribution in [-0.4, -0.2) is 52.8 Å². The zero-order chi connectivity index (χ0) is 17.0. The van der Waals surface area contributed by atoms with Gasteiger partial charge in [0, 0.05) is 18.2 Å². The molecule has 2 heterocycles. The van der Waals surface area contributed by atoms with Gasteiger partial charge in [-0.05, 0) is 45.0 Å². The summed E-state index contributed by atoms with van der Waals surface area (Å²) in [6, 6.07) is 5.30. The second-order valence-corrected chi connectivity index (χ2v) is 5.79. The first kappa shape index (κ1) is 17.7. The molecule has 1 atom stereocenters. The molecule has 23 heavy (non-hydrogen) atoms. The number of alkyl halides is 3. The third kappa shape index (κ3) is 5.18. The summed E-state index contributed by atoms with van der Waals surface area (Å²) in [5.41, 5.74) is 0.791. The summed E-state index contributed by atoms with van der Waals surface area (Å²) in [6.45, 7) is 2.08. The van der Waals surface area contributed by atoms with Crippen LogP contribution < -0.4 is 5.32 Å². The average molecular weight is 331 g/mol. The summed E-state index contributed by atoms with van der Waals surface area (Å²) in [6.07, 6.45) is -6.03. The van der Waals surface area contributed by atoms with Crippen molar-refractivity contribution in [2.24, 2.45) is 5.92 Å². The highest BCUT2D eigenvalue weighted by Gasteiger charge is 2.39. The molecular formula is C15H20F3N3O2. The molecule has 0 spiro atoms. The molecule has 1 aromatic heterocycles. The second kappa shape index (κ2) is 7.27. The Morgan fingerprint density at radius 2 is 2.09 bits per heavy atom. The van der Waals surface area contributed by atoms with E-state index in [1.807, 2.05) is 13.0 Å². The van der Waals surface area contributed by atoms with Crippen LogP contribution in [0.3, 0.4) is 0 Å². The number of likely N-dealkylation sites (tertiary alicyclic amines) is 1. The van der Waals surface area contributed by atoms with Gasteiger partial charge >= 0.3 is 6.18 Å². The molecule has 0 aliphatic carbocycles. The minimum atomic E-state index is -4.61. The molecule has 1 aromatic rings. The molecule has 0 radical (unpaired) electrons. The minimum absolute atomic E-state index is 0.167. The van der Waals surface area contributed by atoms with E-state index < -0.39 is 18.8 Å². The number of amides is 1. The lowest BCUT2D eigenvalue weighted by Crippen LogP contribution is -2.45. The fourth-order valence-corrected chi connectivity index (χ4v) is 2.57. The molecule has 0 saturated carbocycles. The van der Waals surface area contributed by atoms with Crippen molar-refractivity contribution in [1.82, 2.24) is 9.88 Å². The van der Waals surface area contributed by atoms with Crippen molar-refractivity contribution in [2.75, 3.05) is 25.0 Å². The first-order valence-electron chi connectivity index (χ1n) is 7.47. The number of rotatable bonds is 4. The van der Waals surface area contributed by atoms with Gasteiger partial charge in [0.2, 0.25) is 5.91 Å². The molecule has 1 aliphatic heterocycles. The molecule has 1 fully saturated rings. The van der Waals surface area contributed by atoms with E-state index in [0.29, 0.717) is 31.7 Å². The quantitative estimate of drug-likeness (QED) is 0.885. The molecule has 5 nitrogen and oxygen atoms in total. The van der Waals surface area contributed by atoms with Crippen molar-refractivity contribution < 1.29 is 23.1 Å². The van der Waals surface area contributed by atoms with Crippen molar-refractivity contribution in [3.8, 4) is 0 Å². The van der Waals surface area contributed by atoms with Gasteiger partial charge in [0.05, 0.1) is 0 Å². The molecule has 1 amide bonds. The largest absolute Gasteiger partial charge is 0.415 e. The molecule has 1 aliphatic rings. The monoisotopic (exact) mass is 331 g/mol. The number of aromatic nitrogens is 1. The number of carbonyl (C=O) groups is 1. The maximum Gasteiger partial charge on any atom is 0.415 e. The predicted octanol–water partition coefficient (Wildman–Crippen LogP) is 1.96. The number of hydrogen-bond donors (Lipinski definition) is 2. The SMILES string of the molecule is Cc1cccc(NC(=O)C2CCN(C[C@H](O)C(F)(F)F)CC2)n1. The second-order valence-electron chi connectivity index (χ2n) is 5.79. The van der Waals surface area contributed by atoms with Crippen molar-refractivity contribution >= 4 is 11.7 Å². The van der Waals surface area contributed by atoms with Crippen LogP contribution in [0.25, 0.3) is 0 Å². The zero-order valence-corrected chi connectivity index (χ0v) is 12.8. The van der Waals surface area contributed by atoms with Crippen LogP contribution in [0.2, 0.25) is 0 Å². The van der Waals surface area contributed by atoms with E-state index >= 15 is 0 Å².